The number of anilines is 1. The van der Waals surface area contributed by atoms with E-state index in [-0.39, 0.29) is 17.6 Å². The number of nitrogens with one attached hydrogen (secondary N) is 2. The van der Waals surface area contributed by atoms with Crippen molar-refractivity contribution in [1.29, 1.82) is 0 Å². The second kappa shape index (κ2) is 9.30. The zero-order valence-electron chi connectivity index (χ0n) is 17.9. The van der Waals surface area contributed by atoms with Crippen LogP contribution in [-0.2, 0) is 4.79 Å². The summed E-state index contributed by atoms with van der Waals surface area (Å²) in [5.74, 6) is -0.130. The van der Waals surface area contributed by atoms with E-state index in [4.69, 9.17) is 4.74 Å². The molecule has 0 aliphatic heterocycles. The van der Waals surface area contributed by atoms with E-state index in [2.05, 4.69) is 10.7 Å². The molecule has 7 nitrogen and oxygen atoms in total. The molecule has 1 aromatic heterocycles. The van der Waals surface area contributed by atoms with E-state index >= 15 is 0 Å². The molecule has 0 saturated heterocycles. The number of amides is 2. The minimum Gasteiger partial charge on any atom is -0.481 e. The van der Waals surface area contributed by atoms with Gasteiger partial charge in [-0.2, -0.15) is 0 Å². The highest BCUT2D eigenvalue weighted by atomic mass is 16.5. The molecule has 1 atom stereocenters. The molecule has 3 aromatic rings. The van der Waals surface area contributed by atoms with Gasteiger partial charge in [-0.25, -0.2) is 0 Å². The summed E-state index contributed by atoms with van der Waals surface area (Å²) in [6, 6.07) is 17.1. The molecule has 0 aliphatic carbocycles. The number of hydrogen-bond acceptors (Lipinski definition) is 4. The minimum absolute atomic E-state index is 0.0367. The molecular weight excluding hydrogens is 394 g/mol. The first-order valence-electron chi connectivity index (χ1n) is 9.89. The van der Waals surface area contributed by atoms with Crippen LogP contribution in [0.1, 0.15) is 46.0 Å². The van der Waals surface area contributed by atoms with Gasteiger partial charge >= 0.3 is 0 Å². The van der Waals surface area contributed by atoms with Gasteiger partial charge in [-0.1, -0.05) is 0 Å². The number of ketones is 1. The highest BCUT2D eigenvalue weighted by Gasteiger charge is 2.16. The fourth-order valence-corrected chi connectivity index (χ4v) is 2.99. The molecule has 0 unspecified atom stereocenters. The van der Waals surface area contributed by atoms with Crippen LogP contribution in [0.25, 0.3) is 0 Å². The third kappa shape index (κ3) is 5.39. The first-order valence-corrected chi connectivity index (χ1v) is 9.89. The summed E-state index contributed by atoms with van der Waals surface area (Å²) in [6.45, 7) is 6.95. The number of carbonyl (C=O) groups is 3. The molecule has 0 radical (unpaired) electrons. The minimum atomic E-state index is -0.752. The number of ether oxygens (including phenoxy) is 1. The van der Waals surface area contributed by atoms with Gasteiger partial charge in [0.05, 0.1) is 0 Å². The van der Waals surface area contributed by atoms with Crippen LogP contribution >= 0.6 is 0 Å². The zero-order valence-corrected chi connectivity index (χ0v) is 17.9. The van der Waals surface area contributed by atoms with Gasteiger partial charge in [0, 0.05) is 28.2 Å². The third-order valence-corrected chi connectivity index (χ3v) is 4.84. The molecular formula is C24H25N3O4. The van der Waals surface area contributed by atoms with Crippen molar-refractivity contribution in [3.63, 3.8) is 0 Å². The van der Waals surface area contributed by atoms with E-state index < -0.39 is 6.10 Å². The fraction of sp³-hybridized carbons (Fsp3) is 0.208. The van der Waals surface area contributed by atoms with E-state index in [0.29, 0.717) is 22.6 Å². The molecule has 0 spiro atoms. The van der Waals surface area contributed by atoms with E-state index in [0.717, 1.165) is 11.4 Å². The molecule has 160 valence electrons. The number of nitrogens with zero attached hydrogens (tertiary/aromatic N) is 1. The number of benzene rings is 2. The molecule has 0 aliphatic rings. The van der Waals surface area contributed by atoms with E-state index in [9.17, 15) is 14.4 Å². The summed E-state index contributed by atoms with van der Waals surface area (Å²) in [7, 11) is 0. The Morgan fingerprint density at radius 2 is 1.39 bits per heavy atom. The summed E-state index contributed by atoms with van der Waals surface area (Å²) in [6.07, 6.45) is -0.752. The van der Waals surface area contributed by atoms with Crippen molar-refractivity contribution in [2.45, 2.75) is 33.8 Å². The molecule has 1 heterocycles. The number of rotatable bonds is 7. The van der Waals surface area contributed by atoms with Gasteiger partial charge in [0.25, 0.3) is 11.8 Å². The standard InChI is InChI=1S/C24H25N3O4/c1-15-5-6-16(2)27(15)26-24(30)20-9-13-22(14-10-20)31-18(4)23(29)25-21-11-7-19(8-12-21)17(3)28/h5-14,18H,1-4H3,(H,25,29)(H,26,30)/t18-/m1/s1. The highest BCUT2D eigenvalue weighted by Crippen LogP contribution is 2.16. The number of carbonyl (C=O) groups excluding carboxylic acids is 3. The molecule has 2 N–H and O–H groups in total. The molecule has 2 aromatic carbocycles. The van der Waals surface area contributed by atoms with Gasteiger partial charge in [0.1, 0.15) is 5.75 Å². The fourth-order valence-electron chi connectivity index (χ4n) is 2.99. The summed E-state index contributed by atoms with van der Waals surface area (Å²) < 4.78 is 7.41. The lowest BCUT2D eigenvalue weighted by Crippen LogP contribution is -2.30. The Balaban J connectivity index is 1.57. The summed E-state index contributed by atoms with van der Waals surface area (Å²) >= 11 is 0. The molecule has 3 rings (SSSR count). The first-order chi connectivity index (χ1) is 14.7. The highest BCUT2D eigenvalue weighted by molar-refractivity contribution is 6.00. The van der Waals surface area contributed by atoms with Crippen molar-refractivity contribution < 1.29 is 19.1 Å². The van der Waals surface area contributed by atoms with E-state index in [1.165, 1.54) is 6.92 Å². The van der Waals surface area contributed by atoms with Crippen molar-refractivity contribution >= 4 is 23.3 Å². The first kappa shape index (κ1) is 21.8. The second-order valence-corrected chi connectivity index (χ2v) is 7.30. The zero-order chi connectivity index (χ0) is 22.5. The normalized spacial score (nSPS) is 11.5. The van der Waals surface area contributed by atoms with Crippen LogP contribution in [-0.4, -0.2) is 28.4 Å². The molecule has 0 bridgehead atoms. The molecule has 31 heavy (non-hydrogen) atoms. The maximum atomic E-state index is 12.5. The van der Waals surface area contributed by atoms with Crippen molar-refractivity contribution in [2.75, 3.05) is 10.7 Å². The lowest BCUT2D eigenvalue weighted by Gasteiger charge is -2.15. The van der Waals surface area contributed by atoms with E-state index in [1.54, 1.807) is 60.1 Å². The summed E-state index contributed by atoms with van der Waals surface area (Å²) in [5, 5.41) is 2.75. The Labute approximate surface area is 181 Å². The van der Waals surface area contributed by atoms with Gasteiger partial charge in [0.15, 0.2) is 11.9 Å². The van der Waals surface area contributed by atoms with Crippen LogP contribution in [0, 0.1) is 13.8 Å². The van der Waals surface area contributed by atoms with Gasteiger partial charge in [-0.15, -0.1) is 0 Å². The van der Waals surface area contributed by atoms with Crippen LogP contribution in [0.5, 0.6) is 5.75 Å². The number of aryl methyl sites for hydroxylation is 2. The monoisotopic (exact) mass is 419 g/mol. The van der Waals surface area contributed by atoms with Crippen molar-refractivity contribution in [2.24, 2.45) is 0 Å². The molecule has 2 amide bonds. The van der Waals surface area contributed by atoms with Crippen LogP contribution < -0.4 is 15.5 Å². The average Bonchev–Trinajstić information content (AvgIpc) is 3.06. The largest absolute Gasteiger partial charge is 0.481 e. The van der Waals surface area contributed by atoms with Gasteiger partial charge in [-0.05, 0) is 88.4 Å². The molecule has 7 heteroatoms. The third-order valence-electron chi connectivity index (χ3n) is 4.84. The van der Waals surface area contributed by atoms with Crippen LogP contribution in [0.15, 0.2) is 60.7 Å². The lowest BCUT2D eigenvalue weighted by molar-refractivity contribution is -0.122. The van der Waals surface area contributed by atoms with Crippen LogP contribution in [0.3, 0.4) is 0 Å². The summed E-state index contributed by atoms with van der Waals surface area (Å²) in [4.78, 5) is 36.2. The number of aromatic nitrogens is 1. The van der Waals surface area contributed by atoms with Crippen LogP contribution in [0.2, 0.25) is 0 Å². The smallest absolute Gasteiger partial charge is 0.270 e. The van der Waals surface area contributed by atoms with E-state index in [1.807, 2.05) is 26.0 Å². The average molecular weight is 419 g/mol. The van der Waals surface area contributed by atoms with Crippen molar-refractivity contribution in [3.8, 4) is 5.75 Å². The SMILES string of the molecule is CC(=O)c1ccc(NC(=O)[C@@H](C)Oc2ccc(C(=O)Nn3c(C)ccc3C)cc2)cc1. The summed E-state index contributed by atoms with van der Waals surface area (Å²) in [5.41, 5.74) is 6.34. The number of Topliss-reactive ketones (excluding diaryl/α,β-unsaturated/α-hetero) is 1. The molecule has 0 saturated carbocycles. The Kier molecular flexibility index (Phi) is 6.55. The Hall–Kier alpha value is -3.87. The predicted molar refractivity (Wildman–Crippen MR) is 119 cm³/mol. The Bertz CT molecular complexity index is 1080. The Morgan fingerprint density at radius 1 is 0.839 bits per heavy atom. The molecule has 0 fully saturated rings. The van der Waals surface area contributed by atoms with Gasteiger partial charge < -0.3 is 10.1 Å². The van der Waals surface area contributed by atoms with Crippen molar-refractivity contribution in [3.05, 3.63) is 83.2 Å². The maximum Gasteiger partial charge on any atom is 0.270 e. The number of hydrogen-bond donors (Lipinski definition) is 2. The predicted octanol–water partition coefficient (Wildman–Crippen LogP) is 4.10. The van der Waals surface area contributed by atoms with Gasteiger partial charge in [0.2, 0.25) is 0 Å². The van der Waals surface area contributed by atoms with Crippen LogP contribution in [0.4, 0.5) is 5.69 Å². The lowest BCUT2D eigenvalue weighted by atomic mass is 10.1. The quantitative estimate of drug-likeness (QED) is 0.565. The Morgan fingerprint density at radius 3 is 1.94 bits per heavy atom. The second-order valence-electron chi connectivity index (χ2n) is 7.30. The topological polar surface area (TPSA) is 89.4 Å². The van der Waals surface area contributed by atoms with Gasteiger partial charge in [-0.3, -0.25) is 24.5 Å². The van der Waals surface area contributed by atoms with Crippen molar-refractivity contribution in [1.82, 2.24) is 4.68 Å². The maximum absolute atomic E-state index is 12.5.